The van der Waals surface area contributed by atoms with Gasteiger partial charge in [-0.1, -0.05) is 66.7 Å². The van der Waals surface area contributed by atoms with Gasteiger partial charge in [0.1, 0.15) is 12.1 Å². The summed E-state index contributed by atoms with van der Waals surface area (Å²) in [5, 5.41) is 8.72. The number of piperidine rings is 1. The van der Waals surface area contributed by atoms with Gasteiger partial charge in [-0.2, -0.15) is 0 Å². The number of hydrogen-bond donors (Lipinski definition) is 4. The molecule has 38 heavy (non-hydrogen) atoms. The van der Waals surface area contributed by atoms with Crippen molar-refractivity contribution in [3.63, 3.8) is 0 Å². The van der Waals surface area contributed by atoms with Crippen molar-refractivity contribution in [2.75, 3.05) is 6.54 Å². The lowest BCUT2D eigenvalue weighted by atomic mass is 9.85. The SMILES string of the molecule is CC(C)(C)[C@H](NC(=O)NC1CCCCC1)C(=O)N1C[C@H]2[C@@H]([C@H]1C(=O)NC(CC1CC1)C(=O)C(N)=O)C2(C)C. The van der Waals surface area contributed by atoms with E-state index >= 15 is 0 Å². The lowest BCUT2D eigenvalue weighted by Gasteiger charge is -2.38. The molecule has 212 valence electrons. The number of nitrogens with one attached hydrogen (secondary N) is 3. The molecule has 3 aliphatic carbocycles. The number of Topliss-reactive ketones (excluding diaryl/α,β-unsaturated/α-hetero) is 1. The van der Waals surface area contributed by atoms with Gasteiger partial charge in [-0.15, -0.1) is 0 Å². The fourth-order valence-corrected chi connectivity index (χ4v) is 6.58. The Morgan fingerprint density at radius 3 is 2.16 bits per heavy atom. The first-order valence-corrected chi connectivity index (χ1v) is 14.2. The first-order chi connectivity index (χ1) is 17.7. The Morgan fingerprint density at radius 1 is 0.974 bits per heavy atom. The van der Waals surface area contributed by atoms with Crippen molar-refractivity contribution >= 4 is 29.5 Å². The van der Waals surface area contributed by atoms with Crippen LogP contribution in [0.3, 0.4) is 0 Å². The van der Waals surface area contributed by atoms with Gasteiger partial charge in [0, 0.05) is 12.6 Å². The predicted octanol–water partition coefficient (Wildman–Crippen LogP) is 1.86. The number of urea groups is 1. The minimum atomic E-state index is -1.07. The average Bonchev–Trinajstić information content (AvgIpc) is 3.68. The van der Waals surface area contributed by atoms with E-state index in [1.165, 1.54) is 6.42 Å². The number of fused-ring (bicyclic) bond motifs is 1. The molecule has 5 atom stereocenters. The van der Waals surface area contributed by atoms with Crippen LogP contribution in [0.5, 0.6) is 0 Å². The summed E-state index contributed by atoms with van der Waals surface area (Å²) in [5.74, 6) is -2.24. The van der Waals surface area contributed by atoms with E-state index in [2.05, 4.69) is 29.8 Å². The second-order valence-corrected chi connectivity index (χ2v) is 13.6. The molecular formula is C28H45N5O5. The lowest BCUT2D eigenvalue weighted by Crippen LogP contribution is -2.61. The number of carbonyl (C=O) groups excluding carboxylic acids is 5. The molecule has 0 aromatic rings. The smallest absolute Gasteiger partial charge is 0.315 e. The van der Waals surface area contributed by atoms with Crippen molar-refractivity contribution in [1.29, 1.82) is 0 Å². The van der Waals surface area contributed by atoms with E-state index in [1.54, 1.807) is 4.90 Å². The molecule has 0 aromatic heterocycles. The number of ketones is 1. The Morgan fingerprint density at radius 2 is 1.61 bits per heavy atom. The van der Waals surface area contributed by atoms with Crippen molar-refractivity contribution in [3.8, 4) is 0 Å². The molecule has 4 rings (SSSR count). The molecule has 5 amide bonds. The van der Waals surface area contributed by atoms with Crippen molar-refractivity contribution in [2.45, 2.75) is 110 Å². The molecule has 10 heteroatoms. The average molecular weight is 532 g/mol. The van der Waals surface area contributed by atoms with E-state index in [4.69, 9.17) is 5.73 Å². The second-order valence-electron chi connectivity index (χ2n) is 13.6. The molecule has 0 radical (unpaired) electrons. The summed E-state index contributed by atoms with van der Waals surface area (Å²) in [6.45, 7) is 10.2. The molecule has 1 saturated heterocycles. The zero-order valence-electron chi connectivity index (χ0n) is 23.5. The second kappa shape index (κ2) is 10.5. The third-order valence-electron chi connectivity index (χ3n) is 9.23. The summed E-state index contributed by atoms with van der Waals surface area (Å²) in [5.41, 5.74) is 4.55. The van der Waals surface area contributed by atoms with Gasteiger partial charge >= 0.3 is 6.03 Å². The van der Waals surface area contributed by atoms with Crippen LogP contribution in [0.2, 0.25) is 0 Å². The van der Waals surface area contributed by atoms with E-state index in [1.807, 2.05) is 20.8 Å². The van der Waals surface area contributed by atoms with Crippen LogP contribution in [0.1, 0.15) is 86.0 Å². The highest BCUT2D eigenvalue weighted by atomic mass is 16.2. The quantitative estimate of drug-likeness (QED) is 0.335. The maximum atomic E-state index is 14.0. The Bertz CT molecular complexity index is 979. The third-order valence-corrected chi connectivity index (χ3v) is 9.23. The highest BCUT2D eigenvalue weighted by Crippen LogP contribution is 2.65. The summed E-state index contributed by atoms with van der Waals surface area (Å²) in [4.78, 5) is 66.3. The molecule has 4 fully saturated rings. The number of hydrogen-bond acceptors (Lipinski definition) is 5. The van der Waals surface area contributed by atoms with E-state index in [-0.39, 0.29) is 41.1 Å². The van der Waals surface area contributed by atoms with Crippen molar-refractivity contribution in [1.82, 2.24) is 20.9 Å². The van der Waals surface area contributed by atoms with Gasteiger partial charge in [0.05, 0.1) is 6.04 Å². The normalized spacial score (nSPS) is 28.0. The number of likely N-dealkylation sites (tertiary alicyclic amines) is 1. The number of carbonyl (C=O) groups is 5. The van der Waals surface area contributed by atoms with Gasteiger partial charge in [-0.25, -0.2) is 4.79 Å². The number of amides is 5. The molecule has 0 spiro atoms. The van der Waals surface area contributed by atoms with Gasteiger partial charge in [0.2, 0.25) is 17.6 Å². The van der Waals surface area contributed by atoms with Crippen LogP contribution in [0.15, 0.2) is 0 Å². The number of rotatable bonds is 9. The zero-order chi connectivity index (χ0) is 28.0. The van der Waals surface area contributed by atoms with Crippen LogP contribution in [0.25, 0.3) is 0 Å². The highest BCUT2D eigenvalue weighted by molar-refractivity contribution is 6.37. The maximum absolute atomic E-state index is 14.0. The maximum Gasteiger partial charge on any atom is 0.315 e. The van der Waals surface area contributed by atoms with Gasteiger partial charge in [-0.05, 0) is 47.8 Å². The fraction of sp³-hybridized carbons (Fsp3) is 0.821. The lowest BCUT2D eigenvalue weighted by molar-refractivity contribution is -0.145. The topological polar surface area (TPSA) is 151 Å². The molecule has 3 saturated carbocycles. The van der Waals surface area contributed by atoms with Gasteiger partial charge in [0.25, 0.3) is 5.91 Å². The Balaban J connectivity index is 1.50. The first kappa shape index (κ1) is 28.4. The van der Waals surface area contributed by atoms with Crippen molar-refractivity contribution in [3.05, 3.63) is 0 Å². The van der Waals surface area contributed by atoms with E-state index in [9.17, 15) is 24.0 Å². The van der Waals surface area contributed by atoms with Gasteiger partial charge in [0.15, 0.2) is 0 Å². The zero-order valence-corrected chi connectivity index (χ0v) is 23.5. The molecule has 1 heterocycles. The standard InChI is InChI=1S/C28H45N5O5/c1-27(2,3)22(32-26(38)30-16-9-7-6-8-10-16)25(37)33-14-17-19(28(17,4)5)20(33)24(36)31-18(13-15-11-12-15)21(34)23(29)35/h15-20,22H,6-14H2,1-5H3,(H2,29,35)(H,31,36)(H2,30,32,38)/t17-,18?,19-,20-,22+/m0/s1. The first-order valence-electron chi connectivity index (χ1n) is 14.2. The number of primary amides is 1. The molecule has 4 aliphatic rings. The molecular weight excluding hydrogens is 486 g/mol. The van der Waals surface area contributed by atoms with E-state index < -0.39 is 41.1 Å². The number of nitrogens with zero attached hydrogens (tertiary/aromatic N) is 1. The summed E-state index contributed by atoms with van der Waals surface area (Å²) in [6, 6.07) is -2.87. The van der Waals surface area contributed by atoms with Crippen LogP contribution >= 0.6 is 0 Å². The monoisotopic (exact) mass is 531 g/mol. The van der Waals surface area contributed by atoms with Crippen LogP contribution in [0, 0.1) is 28.6 Å². The highest BCUT2D eigenvalue weighted by Gasteiger charge is 2.70. The van der Waals surface area contributed by atoms with Crippen LogP contribution in [-0.2, 0) is 19.2 Å². The Kier molecular flexibility index (Phi) is 7.83. The van der Waals surface area contributed by atoms with Crippen LogP contribution in [0.4, 0.5) is 4.79 Å². The summed E-state index contributed by atoms with van der Waals surface area (Å²) < 4.78 is 0. The molecule has 5 N–H and O–H groups in total. The minimum absolute atomic E-state index is 0.0617. The van der Waals surface area contributed by atoms with E-state index in [0.717, 1.165) is 38.5 Å². The molecule has 1 unspecified atom stereocenters. The predicted molar refractivity (Wildman–Crippen MR) is 142 cm³/mol. The molecule has 0 bridgehead atoms. The van der Waals surface area contributed by atoms with Gasteiger partial charge in [-0.3, -0.25) is 19.2 Å². The summed E-state index contributed by atoms with van der Waals surface area (Å²) in [6.07, 6.45) is 7.47. The molecule has 1 aliphatic heterocycles. The fourth-order valence-electron chi connectivity index (χ4n) is 6.58. The third kappa shape index (κ3) is 5.99. The summed E-state index contributed by atoms with van der Waals surface area (Å²) in [7, 11) is 0. The van der Waals surface area contributed by atoms with Crippen molar-refractivity contribution < 1.29 is 24.0 Å². The largest absolute Gasteiger partial charge is 0.363 e. The molecule has 10 nitrogen and oxygen atoms in total. The van der Waals surface area contributed by atoms with E-state index in [0.29, 0.717) is 13.0 Å². The Labute approximate surface area is 225 Å². The van der Waals surface area contributed by atoms with Gasteiger partial charge < -0.3 is 26.6 Å². The minimum Gasteiger partial charge on any atom is -0.363 e. The summed E-state index contributed by atoms with van der Waals surface area (Å²) >= 11 is 0. The number of nitrogens with two attached hydrogens (primary N) is 1. The van der Waals surface area contributed by atoms with Crippen LogP contribution in [-0.4, -0.2) is 65.1 Å². The van der Waals surface area contributed by atoms with Crippen LogP contribution < -0.4 is 21.7 Å². The molecule has 0 aromatic carbocycles. The Hall–Kier alpha value is -2.65. The van der Waals surface area contributed by atoms with Crippen molar-refractivity contribution in [2.24, 2.45) is 34.3 Å².